The Kier molecular flexibility index (Phi) is 27.5. The molecule has 165 valence electrons. The Labute approximate surface area is 176 Å². The molecule has 0 fully saturated rings. The third kappa shape index (κ3) is 35.1. The molecule has 0 bridgehead atoms. The van der Waals surface area contributed by atoms with E-state index in [9.17, 15) is 28.8 Å². The van der Waals surface area contributed by atoms with Gasteiger partial charge in [-0.2, -0.15) is 0 Å². The number of hydrogen-bond donors (Lipinski definition) is 0. The van der Waals surface area contributed by atoms with Crippen LogP contribution in [0.25, 0.3) is 0 Å². The Morgan fingerprint density at radius 3 is 0.786 bits per heavy atom. The first-order valence-corrected chi connectivity index (χ1v) is 8.45. The van der Waals surface area contributed by atoms with Crippen LogP contribution in [0.2, 0.25) is 0 Å². The Bertz CT molecular complexity index is 430. The molecule has 0 rings (SSSR count). The van der Waals surface area contributed by atoms with Crippen molar-refractivity contribution in [1.82, 2.24) is 0 Å². The summed E-state index contributed by atoms with van der Waals surface area (Å²) in [5.41, 5.74) is 0. The molecule has 0 aliphatic rings. The van der Waals surface area contributed by atoms with Crippen LogP contribution >= 0.6 is 0 Å². The molecule has 0 N–H and O–H groups in total. The number of carbonyl (C=O) groups is 6. The fourth-order valence-corrected chi connectivity index (χ4v) is 1.25. The monoisotopic (exact) mass is 449 g/mol. The Morgan fingerprint density at radius 2 is 0.679 bits per heavy atom. The van der Waals surface area contributed by atoms with Crippen LogP contribution in [-0.4, -0.2) is 55.1 Å². The molecule has 0 spiro atoms. The van der Waals surface area contributed by atoms with Gasteiger partial charge in [0.2, 0.25) is 0 Å². The summed E-state index contributed by atoms with van der Waals surface area (Å²) in [6.07, 6.45) is -0.310. The predicted molar refractivity (Wildman–Crippen MR) is 95.8 cm³/mol. The van der Waals surface area contributed by atoms with E-state index in [-0.39, 0.29) is 53.4 Å². The van der Waals surface area contributed by atoms with Gasteiger partial charge in [-0.05, 0) is 41.5 Å². The minimum absolute atomic E-state index is 0. The molecule has 0 aromatic heterocycles. The molecular weight excluding hydrogens is 419 g/mol. The Morgan fingerprint density at radius 1 is 0.500 bits per heavy atom. The van der Waals surface area contributed by atoms with Gasteiger partial charge in [0.15, 0.2) is 0 Å². The van der Waals surface area contributed by atoms with Crippen molar-refractivity contribution in [3.63, 3.8) is 0 Å². The zero-order valence-corrected chi connectivity index (χ0v) is 18.3. The van der Waals surface area contributed by atoms with Crippen LogP contribution in [-0.2, 0) is 59.8 Å². The minimum Gasteiger partial charge on any atom is -0.466 e. The van der Waals surface area contributed by atoms with Gasteiger partial charge < -0.3 is 14.2 Å². The minimum atomic E-state index is -0.440. The molecule has 0 atom stereocenters. The number of rotatable bonds is 9. The van der Waals surface area contributed by atoms with Gasteiger partial charge in [-0.15, -0.1) is 0 Å². The SMILES string of the molecule is CCOC(=O)CC(C)=O.CCOC(=O)CC(C)=O.CCOC(=O)CC(C)=O.[Co]. The smallest absolute Gasteiger partial charge is 0.313 e. The van der Waals surface area contributed by atoms with Crippen molar-refractivity contribution >= 4 is 35.3 Å². The summed E-state index contributed by atoms with van der Waals surface area (Å²) in [6, 6.07) is 0. The van der Waals surface area contributed by atoms with Crippen LogP contribution in [0.5, 0.6) is 0 Å². The van der Waals surface area contributed by atoms with E-state index in [2.05, 4.69) is 14.2 Å². The molecule has 0 amide bonds. The molecule has 0 unspecified atom stereocenters. The van der Waals surface area contributed by atoms with Gasteiger partial charge in [0.1, 0.15) is 36.6 Å². The maximum atomic E-state index is 10.4. The van der Waals surface area contributed by atoms with Gasteiger partial charge in [-0.3, -0.25) is 28.8 Å². The Hall–Kier alpha value is -2.07. The summed E-state index contributed by atoms with van der Waals surface area (Å²) in [6.45, 7) is 10.2. The molecule has 0 saturated heterocycles. The largest absolute Gasteiger partial charge is 0.466 e. The fraction of sp³-hybridized carbons (Fsp3) is 0.667. The topological polar surface area (TPSA) is 130 Å². The average molecular weight is 449 g/mol. The van der Waals surface area contributed by atoms with E-state index in [0.717, 1.165) is 0 Å². The summed E-state index contributed by atoms with van der Waals surface area (Å²) in [5.74, 6) is -1.80. The van der Waals surface area contributed by atoms with Gasteiger partial charge in [-0.25, -0.2) is 0 Å². The maximum Gasteiger partial charge on any atom is 0.313 e. The molecule has 9 nitrogen and oxygen atoms in total. The second-order valence-electron chi connectivity index (χ2n) is 5.05. The molecule has 28 heavy (non-hydrogen) atoms. The van der Waals surface area contributed by atoms with Crippen LogP contribution in [0.3, 0.4) is 0 Å². The van der Waals surface area contributed by atoms with Crippen molar-refractivity contribution in [2.45, 2.75) is 60.8 Å². The van der Waals surface area contributed by atoms with Gasteiger partial charge in [0.25, 0.3) is 0 Å². The van der Waals surface area contributed by atoms with Crippen molar-refractivity contribution in [2.75, 3.05) is 19.8 Å². The van der Waals surface area contributed by atoms with Crippen molar-refractivity contribution in [3.05, 3.63) is 0 Å². The van der Waals surface area contributed by atoms with Gasteiger partial charge >= 0.3 is 17.9 Å². The predicted octanol–water partition coefficient (Wildman–Crippen LogP) is 1.58. The van der Waals surface area contributed by atoms with E-state index in [1.807, 2.05) is 0 Å². The van der Waals surface area contributed by atoms with Crippen LogP contribution < -0.4 is 0 Å². The summed E-state index contributed by atoms with van der Waals surface area (Å²) >= 11 is 0. The van der Waals surface area contributed by atoms with Gasteiger partial charge in [0, 0.05) is 16.8 Å². The zero-order valence-electron chi connectivity index (χ0n) is 17.3. The van der Waals surface area contributed by atoms with E-state index in [0.29, 0.717) is 19.8 Å². The van der Waals surface area contributed by atoms with Crippen molar-refractivity contribution in [2.24, 2.45) is 0 Å². The quantitative estimate of drug-likeness (QED) is 0.293. The van der Waals surface area contributed by atoms with E-state index in [1.54, 1.807) is 20.8 Å². The molecule has 0 aromatic carbocycles. The molecule has 0 heterocycles. The fourth-order valence-electron chi connectivity index (χ4n) is 1.25. The van der Waals surface area contributed by atoms with Crippen LogP contribution in [0.1, 0.15) is 60.8 Å². The zero-order chi connectivity index (χ0) is 21.8. The van der Waals surface area contributed by atoms with Crippen LogP contribution in [0.15, 0.2) is 0 Å². The van der Waals surface area contributed by atoms with Crippen molar-refractivity contribution in [3.8, 4) is 0 Å². The standard InChI is InChI=1S/3C6H10O3.Co/c3*1-3-9-6(8)4-5(2)7;/h3*3-4H2,1-2H3;. The second-order valence-corrected chi connectivity index (χ2v) is 5.05. The first-order valence-electron chi connectivity index (χ1n) is 8.45. The summed E-state index contributed by atoms with van der Waals surface area (Å²) in [7, 11) is 0. The molecule has 0 aliphatic heterocycles. The second kappa shape index (κ2) is 23.0. The average Bonchev–Trinajstić information content (AvgIpc) is 2.46. The normalized spacial score (nSPS) is 8.36. The van der Waals surface area contributed by atoms with E-state index in [4.69, 9.17) is 0 Å². The summed E-state index contributed by atoms with van der Waals surface area (Å²) < 4.78 is 13.5. The molecule has 0 saturated carbocycles. The molecule has 10 heteroatoms. The number of ketones is 3. The molecular formula is C18H30CoO9. The third-order valence-electron chi connectivity index (χ3n) is 2.10. The number of Topliss-reactive ketones (excluding diaryl/α,β-unsaturated/α-hetero) is 3. The van der Waals surface area contributed by atoms with Crippen LogP contribution in [0, 0.1) is 0 Å². The number of carbonyl (C=O) groups excluding carboxylic acids is 6. The van der Waals surface area contributed by atoms with Gasteiger partial charge in [-0.1, -0.05) is 0 Å². The summed E-state index contributed by atoms with van der Waals surface area (Å²) in [4.78, 5) is 61.9. The Balaban J connectivity index is -0.000000152. The molecule has 0 aromatic rings. The third-order valence-corrected chi connectivity index (χ3v) is 2.10. The number of ether oxygens (including phenoxy) is 3. The number of hydrogen-bond acceptors (Lipinski definition) is 9. The number of esters is 3. The van der Waals surface area contributed by atoms with E-state index < -0.39 is 17.9 Å². The van der Waals surface area contributed by atoms with Crippen molar-refractivity contribution in [1.29, 1.82) is 0 Å². The van der Waals surface area contributed by atoms with E-state index >= 15 is 0 Å². The van der Waals surface area contributed by atoms with Crippen LogP contribution in [0.4, 0.5) is 0 Å². The maximum absolute atomic E-state index is 10.4. The molecule has 1 radical (unpaired) electrons. The first-order chi connectivity index (χ1) is 12.5. The van der Waals surface area contributed by atoms with Gasteiger partial charge in [0.05, 0.1) is 19.8 Å². The molecule has 0 aliphatic carbocycles. The summed E-state index contributed by atoms with van der Waals surface area (Å²) in [5, 5.41) is 0. The first kappa shape index (κ1) is 33.5. The van der Waals surface area contributed by atoms with E-state index in [1.165, 1.54) is 20.8 Å². The van der Waals surface area contributed by atoms with Crippen molar-refractivity contribution < 1.29 is 59.8 Å².